The summed E-state index contributed by atoms with van der Waals surface area (Å²) in [6.07, 6.45) is 0.621. The summed E-state index contributed by atoms with van der Waals surface area (Å²) in [5.41, 5.74) is 0.916. The van der Waals surface area contributed by atoms with E-state index < -0.39 is 23.7 Å². The second-order valence-corrected chi connectivity index (χ2v) is 8.99. The van der Waals surface area contributed by atoms with E-state index in [2.05, 4.69) is 10.6 Å². The van der Waals surface area contributed by atoms with Crippen LogP contribution in [0.4, 0.5) is 8.78 Å². The average Bonchev–Trinajstić information content (AvgIpc) is 3.17. The van der Waals surface area contributed by atoms with Crippen LogP contribution in [0.1, 0.15) is 44.2 Å². The number of ether oxygens (including phenoxy) is 1. The number of rotatable bonds is 10. The highest BCUT2D eigenvalue weighted by Gasteiger charge is 2.34. The van der Waals surface area contributed by atoms with Crippen molar-refractivity contribution < 1.29 is 27.9 Å². The van der Waals surface area contributed by atoms with Crippen molar-refractivity contribution in [3.8, 4) is 5.75 Å². The largest absolute Gasteiger partial charge is 0.497 e. The van der Waals surface area contributed by atoms with Crippen molar-refractivity contribution in [1.82, 2.24) is 15.5 Å². The van der Waals surface area contributed by atoms with Gasteiger partial charge in [-0.25, -0.2) is 8.78 Å². The van der Waals surface area contributed by atoms with E-state index in [9.17, 15) is 23.2 Å². The molecular weight excluding hydrogens is 456 g/mol. The molecule has 35 heavy (non-hydrogen) atoms. The van der Waals surface area contributed by atoms with Crippen molar-refractivity contribution in [2.75, 3.05) is 7.11 Å². The Balaban J connectivity index is 1.60. The predicted octanol–water partition coefficient (Wildman–Crippen LogP) is 3.31. The number of carbonyl (C=O) groups excluding carboxylic acids is 3. The lowest BCUT2D eigenvalue weighted by Crippen LogP contribution is -2.50. The molecule has 3 amide bonds. The van der Waals surface area contributed by atoms with E-state index in [0.29, 0.717) is 12.2 Å². The molecule has 9 heteroatoms. The van der Waals surface area contributed by atoms with Crippen LogP contribution in [0.2, 0.25) is 0 Å². The van der Waals surface area contributed by atoms with Gasteiger partial charge in [0.2, 0.25) is 17.7 Å². The molecule has 0 aromatic heterocycles. The summed E-state index contributed by atoms with van der Waals surface area (Å²) in [7, 11) is 1.57. The monoisotopic (exact) mass is 487 g/mol. The molecule has 2 aromatic rings. The van der Waals surface area contributed by atoms with E-state index in [0.717, 1.165) is 11.6 Å². The number of halogens is 2. The number of hydrogen-bond acceptors (Lipinski definition) is 4. The Morgan fingerprint density at radius 3 is 2.63 bits per heavy atom. The first-order valence-electron chi connectivity index (χ1n) is 11.6. The van der Waals surface area contributed by atoms with Gasteiger partial charge in [0.05, 0.1) is 7.11 Å². The summed E-state index contributed by atoms with van der Waals surface area (Å²) in [5, 5.41) is 5.61. The van der Waals surface area contributed by atoms with Crippen LogP contribution in [0.25, 0.3) is 0 Å². The van der Waals surface area contributed by atoms with Crippen molar-refractivity contribution >= 4 is 17.7 Å². The number of amides is 3. The number of methoxy groups -OCH3 is 1. The minimum absolute atomic E-state index is 0.0327. The molecule has 2 atom stereocenters. The molecule has 0 radical (unpaired) electrons. The Morgan fingerprint density at radius 1 is 1.17 bits per heavy atom. The van der Waals surface area contributed by atoms with Gasteiger partial charge >= 0.3 is 0 Å². The fourth-order valence-electron chi connectivity index (χ4n) is 4.14. The summed E-state index contributed by atoms with van der Waals surface area (Å²) >= 11 is 0. The van der Waals surface area contributed by atoms with Gasteiger partial charge in [0.1, 0.15) is 11.8 Å². The molecule has 0 bridgehead atoms. The Bertz CT molecular complexity index is 1080. The lowest BCUT2D eigenvalue weighted by molar-refractivity contribution is -0.132. The number of likely N-dealkylation sites (tertiary alicyclic amines) is 1. The van der Waals surface area contributed by atoms with E-state index in [1.54, 1.807) is 7.11 Å². The molecule has 7 nitrogen and oxygen atoms in total. The Labute approximate surface area is 203 Å². The van der Waals surface area contributed by atoms with E-state index >= 15 is 0 Å². The van der Waals surface area contributed by atoms with Crippen molar-refractivity contribution in [1.29, 1.82) is 0 Å². The van der Waals surface area contributed by atoms with Gasteiger partial charge in [0, 0.05) is 37.5 Å². The Kier molecular flexibility index (Phi) is 8.78. The van der Waals surface area contributed by atoms with Gasteiger partial charge in [-0.05, 0) is 36.1 Å². The molecule has 0 spiro atoms. The topological polar surface area (TPSA) is 87.7 Å². The molecule has 0 saturated carbocycles. The number of nitrogens with one attached hydrogen (secondary N) is 2. The van der Waals surface area contributed by atoms with Gasteiger partial charge < -0.3 is 20.3 Å². The summed E-state index contributed by atoms with van der Waals surface area (Å²) in [6, 6.07) is 9.90. The van der Waals surface area contributed by atoms with Gasteiger partial charge in [-0.1, -0.05) is 38.1 Å². The third kappa shape index (κ3) is 6.77. The van der Waals surface area contributed by atoms with Gasteiger partial charge in [-0.15, -0.1) is 0 Å². The SMILES string of the molecule is COc1cccc(CNC(=O)C(NC(=O)C[C@@H]2CCC(=O)N2Cc2cccc(F)c2F)C(C)C)c1. The number of benzene rings is 2. The minimum atomic E-state index is -0.997. The first-order chi connectivity index (χ1) is 16.7. The molecular formula is C26H31F2N3O4. The maximum absolute atomic E-state index is 14.1. The van der Waals surface area contributed by atoms with E-state index in [-0.39, 0.29) is 55.1 Å². The first kappa shape index (κ1) is 26.1. The molecule has 188 valence electrons. The molecule has 3 rings (SSSR count). The van der Waals surface area contributed by atoms with Crippen molar-refractivity contribution in [2.45, 2.75) is 58.3 Å². The van der Waals surface area contributed by atoms with Gasteiger partial charge in [-0.2, -0.15) is 0 Å². The highest BCUT2D eigenvalue weighted by atomic mass is 19.2. The van der Waals surface area contributed by atoms with E-state index in [4.69, 9.17) is 4.74 Å². The Morgan fingerprint density at radius 2 is 1.91 bits per heavy atom. The maximum Gasteiger partial charge on any atom is 0.243 e. The van der Waals surface area contributed by atoms with Crippen molar-refractivity contribution in [2.24, 2.45) is 5.92 Å². The summed E-state index contributed by atoms with van der Waals surface area (Å²) in [6.45, 7) is 3.82. The second kappa shape index (κ2) is 11.8. The smallest absolute Gasteiger partial charge is 0.243 e. The third-order valence-electron chi connectivity index (χ3n) is 6.11. The van der Waals surface area contributed by atoms with Crippen LogP contribution in [0.5, 0.6) is 5.75 Å². The molecule has 1 heterocycles. The summed E-state index contributed by atoms with van der Waals surface area (Å²) in [5.74, 6) is -2.40. The average molecular weight is 488 g/mol. The molecule has 1 unspecified atom stereocenters. The zero-order valence-corrected chi connectivity index (χ0v) is 20.1. The quantitative estimate of drug-likeness (QED) is 0.538. The molecule has 1 aliphatic heterocycles. The van der Waals surface area contributed by atoms with Crippen LogP contribution in [-0.4, -0.2) is 41.8 Å². The van der Waals surface area contributed by atoms with Gasteiger partial charge in [-0.3, -0.25) is 14.4 Å². The number of carbonyl (C=O) groups is 3. The minimum Gasteiger partial charge on any atom is -0.497 e. The molecule has 1 saturated heterocycles. The van der Waals surface area contributed by atoms with Crippen LogP contribution in [0.15, 0.2) is 42.5 Å². The van der Waals surface area contributed by atoms with Gasteiger partial charge in [0.25, 0.3) is 0 Å². The standard InChI is InChI=1S/C26H31F2N3O4/c1-16(2)25(26(34)29-14-17-6-4-8-20(12-17)35-3)30-22(32)13-19-10-11-23(33)31(19)15-18-7-5-9-21(27)24(18)28/h4-9,12,16,19,25H,10-11,13-15H2,1-3H3,(H,29,34)(H,30,32)/t19-,25?/m0/s1. The number of hydrogen-bond donors (Lipinski definition) is 2. The zero-order chi connectivity index (χ0) is 25.5. The third-order valence-corrected chi connectivity index (χ3v) is 6.11. The summed E-state index contributed by atoms with van der Waals surface area (Å²) in [4.78, 5) is 39.4. The Hall–Kier alpha value is -3.49. The molecule has 0 aliphatic carbocycles. The normalized spacial score (nSPS) is 16.3. The van der Waals surface area contributed by atoms with E-state index in [1.165, 1.54) is 17.0 Å². The first-order valence-corrected chi connectivity index (χ1v) is 11.6. The molecule has 1 aliphatic rings. The zero-order valence-electron chi connectivity index (χ0n) is 20.1. The van der Waals surface area contributed by atoms with Crippen LogP contribution >= 0.6 is 0 Å². The summed E-state index contributed by atoms with van der Waals surface area (Å²) < 4.78 is 32.9. The highest BCUT2D eigenvalue weighted by molar-refractivity contribution is 5.88. The molecule has 2 N–H and O–H groups in total. The highest BCUT2D eigenvalue weighted by Crippen LogP contribution is 2.25. The van der Waals surface area contributed by atoms with Crippen LogP contribution in [0, 0.1) is 17.6 Å². The van der Waals surface area contributed by atoms with E-state index in [1.807, 2.05) is 38.1 Å². The molecule has 1 fully saturated rings. The predicted molar refractivity (Wildman–Crippen MR) is 126 cm³/mol. The maximum atomic E-state index is 14.1. The second-order valence-electron chi connectivity index (χ2n) is 8.99. The fraction of sp³-hybridized carbons (Fsp3) is 0.423. The fourth-order valence-corrected chi connectivity index (χ4v) is 4.14. The molecule has 2 aromatic carbocycles. The number of nitrogens with zero attached hydrogens (tertiary/aromatic N) is 1. The van der Waals surface area contributed by atoms with Crippen molar-refractivity contribution in [3.05, 3.63) is 65.2 Å². The van der Waals surface area contributed by atoms with Crippen LogP contribution in [0.3, 0.4) is 0 Å². The van der Waals surface area contributed by atoms with Crippen LogP contribution in [-0.2, 0) is 27.5 Å². The van der Waals surface area contributed by atoms with Crippen molar-refractivity contribution in [3.63, 3.8) is 0 Å². The van der Waals surface area contributed by atoms with Gasteiger partial charge in [0.15, 0.2) is 11.6 Å². The lowest BCUT2D eigenvalue weighted by Gasteiger charge is -2.27. The van der Waals surface area contributed by atoms with Crippen LogP contribution < -0.4 is 15.4 Å². The lowest BCUT2D eigenvalue weighted by atomic mass is 10.0.